The second-order valence-electron chi connectivity index (χ2n) is 5.75. The van der Waals surface area contributed by atoms with E-state index in [2.05, 4.69) is 0 Å². The zero-order chi connectivity index (χ0) is 18.0. The molecule has 1 aromatic carbocycles. The first kappa shape index (κ1) is 20.6. The van der Waals surface area contributed by atoms with E-state index in [0.717, 1.165) is 0 Å². The fourth-order valence-electron chi connectivity index (χ4n) is 2.75. The second kappa shape index (κ2) is 8.77. The van der Waals surface area contributed by atoms with Crippen molar-refractivity contribution >= 4 is 47.4 Å². The maximum atomic E-state index is 12.6. The standard InChI is InChI=1S/C17H17Cl2N3O3.ClH/c18-13-5-11(6-14(19)8-13)16(23)21-1-3-22(4-2-21)17(24)12-7-15(9-20)25-10-12;/h5-8,10H,1-4,9,20H2;1H. The topological polar surface area (TPSA) is 79.8 Å². The highest BCUT2D eigenvalue weighted by Gasteiger charge is 2.26. The van der Waals surface area contributed by atoms with E-state index in [-0.39, 0.29) is 30.8 Å². The lowest BCUT2D eigenvalue weighted by atomic mass is 10.1. The molecule has 0 atom stereocenters. The van der Waals surface area contributed by atoms with Gasteiger partial charge in [0.15, 0.2) is 0 Å². The van der Waals surface area contributed by atoms with Crippen molar-refractivity contribution in [2.45, 2.75) is 6.54 Å². The van der Waals surface area contributed by atoms with Gasteiger partial charge in [-0.15, -0.1) is 12.4 Å². The van der Waals surface area contributed by atoms with Gasteiger partial charge in [0.2, 0.25) is 0 Å². The van der Waals surface area contributed by atoms with E-state index in [0.29, 0.717) is 53.1 Å². The number of carbonyl (C=O) groups excluding carboxylic acids is 2. The zero-order valence-corrected chi connectivity index (χ0v) is 16.1. The Balaban J connectivity index is 0.00000243. The number of hydrogen-bond donors (Lipinski definition) is 1. The Labute approximate surface area is 167 Å². The van der Waals surface area contributed by atoms with E-state index in [1.165, 1.54) is 6.26 Å². The van der Waals surface area contributed by atoms with Crippen LogP contribution in [0.3, 0.4) is 0 Å². The van der Waals surface area contributed by atoms with E-state index < -0.39 is 0 Å². The highest BCUT2D eigenvalue weighted by molar-refractivity contribution is 6.35. The molecule has 1 aromatic heterocycles. The van der Waals surface area contributed by atoms with Crippen LogP contribution in [0, 0.1) is 0 Å². The Morgan fingerprint density at radius 2 is 1.42 bits per heavy atom. The van der Waals surface area contributed by atoms with Crippen molar-refractivity contribution in [3.05, 3.63) is 57.5 Å². The smallest absolute Gasteiger partial charge is 0.257 e. The van der Waals surface area contributed by atoms with Crippen molar-refractivity contribution in [2.24, 2.45) is 5.73 Å². The summed E-state index contributed by atoms with van der Waals surface area (Å²) in [7, 11) is 0. The number of benzene rings is 1. The van der Waals surface area contributed by atoms with Gasteiger partial charge in [-0.3, -0.25) is 9.59 Å². The number of furan rings is 1. The van der Waals surface area contributed by atoms with Crippen molar-refractivity contribution < 1.29 is 14.0 Å². The van der Waals surface area contributed by atoms with Crippen molar-refractivity contribution in [1.29, 1.82) is 0 Å². The summed E-state index contributed by atoms with van der Waals surface area (Å²) in [5, 5.41) is 0.834. The molecule has 0 spiro atoms. The third-order valence-electron chi connectivity index (χ3n) is 4.07. The van der Waals surface area contributed by atoms with Gasteiger partial charge in [0.05, 0.1) is 12.1 Å². The predicted molar refractivity (Wildman–Crippen MR) is 102 cm³/mol. The highest BCUT2D eigenvalue weighted by atomic mass is 35.5. The van der Waals surface area contributed by atoms with Crippen LogP contribution in [0.25, 0.3) is 0 Å². The Bertz CT molecular complexity index is 781. The molecule has 1 fully saturated rings. The molecule has 0 bridgehead atoms. The van der Waals surface area contributed by atoms with Gasteiger partial charge in [-0.05, 0) is 24.3 Å². The van der Waals surface area contributed by atoms with Gasteiger partial charge < -0.3 is 20.0 Å². The lowest BCUT2D eigenvalue weighted by molar-refractivity contribution is 0.0535. The fraction of sp³-hybridized carbons (Fsp3) is 0.294. The summed E-state index contributed by atoms with van der Waals surface area (Å²) in [6, 6.07) is 6.41. The molecule has 2 N–H and O–H groups in total. The van der Waals surface area contributed by atoms with Gasteiger partial charge in [-0.25, -0.2) is 0 Å². The number of nitrogens with zero attached hydrogens (tertiary/aromatic N) is 2. The Kier molecular flexibility index (Phi) is 6.94. The average Bonchev–Trinajstić information content (AvgIpc) is 3.09. The molecule has 0 radical (unpaired) electrons. The minimum absolute atomic E-state index is 0. The molecule has 2 aromatic rings. The summed E-state index contributed by atoms with van der Waals surface area (Å²) >= 11 is 11.9. The van der Waals surface area contributed by atoms with Crippen LogP contribution in [0.2, 0.25) is 10.0 Å². The quantitative estimate of drug-likeness (QED) is 0.831. The zero-order valence-electron chi connectivity index (χ0n) is 13.8. The van der Waals surface area contributed by atoms with E-state index in [4.69, 9.17) is 33.4 Å². The van der Waals surface area contributed by atoms with Gasteiger partial charge in [-0.2, -0.15) is 0 Å². The molecular weight excluding hydrogens is 401 g/mol. The molecule has 140 valence electrons. The second-order valence-corrected chi connectivity index (χ2v) is 6.62. The van der Waals surface area contributed by atoms with Crippen LogP contribution >= 0.6 is 35.6 Å². The number of rotatable bonds is 3. The van der Waals surface area contributed by atoms with E-state index >= 15 is 0 Å². The van der Waals surface area contributed by atoms with Crippen molar-refractivity contribution in [3.8, 4) is 0 Å². The first-order valence-corrected chi connectivity index (χ1v) is 8.55. The summed E-state index contributed by atoms with van der Waals surface area (Å²) in [6.07, 6.45) is 1.41. The van der Waals surface area contributed by atoms with E-state index in [1.54, 1.807) is 34.1 Å². The summed E-state index contributed by atoms with van der Waals surface area (Å²) in [5.41, 5.74) is 6.41. The first-order chi connectivity index (χ1) is 12.0. The van der Waals surface area contributed by atoms with Gasteiger partial charge in [0.25, 0.3) is 11.8 Å². The minimum atomic E-state index is -0.148. The third-order valence-corrected chi connectivity index (χ3v) is 4.50. The van der Waals surface area contributed by atoms with Crippen LogP contribution in [-0.2, 0) is 6.54 Å². The van der Waals surface area contributed by atoms with Gasteiger partial charge in [-0.1, -0.05) is 23.2 Å². The van der Waals surface area contributed by atoms with Crippen LogP contribution in [0.1, 0.15) is 26.5 Å². The average molecular weight is 419 g/mol. The Hall–Kier alpha value is -1.73. The maximum Gasteiger partial charge on any atom is 0.257 e. The number of nitrogens with two attached hydrogens (primary N) is 1. The van der Waals surface area contributed by atoms with E-state index in [1.807, 2.05) is 0 Å². The normalized spacial score (nSPS) is 14.1. The van der Waals surface area contributed by atoms with Gasteiger partial charge in [0, 0.05) is 41.8 Å². The third kappa shape index (κ3) is 4.51. The molecule has 0 aliphatic carbocycles. The van der Waals surface area contributed by atoms with Crippen LogP contribution in [0.15, 0.2) is 34.9 Å². The fourth-order valence-corrected chi connectivity index (χ4v) is 3.28. The molecule has 26 heavy (non-hydrogen) atoms. The number of piperazine rings is 1. The SMILES string of the molecule is Cl.NCc1cc(C(=O)N2CCN(C(=O)c3cc(Cl)cc(Cl)c3)CC2)co1. The van der Waals surface area contributed by atoms with Crippen LogP contribution in [0.4, 0.5) is 0 Å². The molecule has 2 amide bonds. The first-order valence-electron chi connectivity index (χ1n) is 7.80. The molecule has 1 aliphatic rings. The van der Waals surface area contributed by atoms with Crippen LogP contribution < -0.4 is 5.73 Å². The molecule has 1 saturated heterocycles. The summed E-state index contributed by atoms with van der Waals surface area (Å²) in [4.78, 5) is 28.4. The molecule has 2 heterocycles. The number of hydrogen-bond acceptors (Lipinski definition) is 4. The van der Waals surface area contributed by atoms with Crippen molar-refractivity contribution in [2.75, 3.05) is 26.2 Å². The maximum absolute atomic E-state index is 12.6. The molecule has 1 aliphatic heterocycles. The molecule has 0 unspecified atom stereocenters. The number of amides is 2. The van der Waals surface area contributed by atoms with Gasteiger partial charge >= 0.3 is 0 Å². The summed E-state index contributed by atoms with van der Waals surface area (Å²) in [6.45, 7) is 2.02. The Morgan fingerprint density at radius 3 is 1.88 bits per heavy atom. The lowest BCUT2D eigenvalue weighted by Gasteiger charge is -2.34. The number of carbonyl (C=O) groups is 2. The largest absolute Gasteiger partial charge is 0.467 e. The minimum Gasteiger partial charge on any atom is -0.467 e. The monoisotopic (exact) mass is 417 g/mol. The Morgan fingerprint density at radius 1 is 0.923 bits per heavy atom. The lowest BCUT2D eigenvalue weighted by Crippen LogP contribution is -2.50. The molecule has 3 rings (SSSR count). The summed E-state index contributed by atoms with van der Waals surface area (Å²) in [5.74, 6) is 0.293. The van der Waals surface area contributed by atoms with Crippen LogP contribution in [-0.4, -0.2) is 47.8 Å². The van der Waals surface area contributed by atoms with Crippen molar-refractivity contribution in [1.82, 2.24) is 9.80 Å². The number of halogens is 3. The van der Waals surface area contributed by atoms with Crippen molar-refractivity contribution in [3.63, 3.8) is 0 Å². The molecule has 6 nitrogen and oxygen atoms in total. The highest BCUT2D eigenvalue weighted by Crippen LogP contribution is 2.21. The molecular formula is C17H18Cl3N3O3. The van der Waals surface area contributed by atoms with E-state index in [9.17, 15) is 9.59 Å². The molecule has 9 heteroatoms. The summed E-state index contributed by atoms with van der Waals surface area (Å²) < 4.78 is 5.20. The van der Waals surface area contributed by atoms with Gasteiger partial charge in [0.1, 0.15) is 12.0 Å². The van der Waals surface area contributed by atoms with Crippen LogP contribution in [0.5, 0.6) is 0 Å². The molecule has 0 saturated carbocycles. The predicted octanol–water partition coefficient (Wildman–Crippen LogP) is 3.07.